The van der Waals surface area contributed by atoms with Crippen LogP contribution < -0.4 is 5.32 Å². The zero-order chi connectivity index (χ0) is 24.8. The second kappa shape index (κ2) is 11.0. The summed E-state index contributed by atoms with van der Waals surface area (Å²) in [6.07, 6.45) is 7.05. The van der Waals surface area contributed by atoms with Crippen LogP contribution in [0.2, 0.25) is 0 Å². The Hall–Kier alpha value is -2.26. The van der Waals surface area contributed by atoms with Crippen molar-refractivity contribution in [2.45, 2.75) is 65.1 Å². The molecule has 3 rings (SSSR count). The minimum atomic E-state index is -2.76. The molecule has 1 fully saturated rings. The number of anilines is 1. The van der Waals surface area contributed by atoms with Gasteiger partial charge in [0.25, 0.3) is 0 Å². The molecule has 6 heteroatoms. The van der Waals surface area contributed by atoms with E-state index in [0.29, 0.717) is 23.0 Å². The van der Waals surface area contributed by atoms with Gasteiger partial charge in [0.15, 0.2) is 0 Å². The van der Waals surface area contributed by atoms with Crippen LogP contribution >= 0.6 is 6.60 Å². The summed E-state index contributed by atoms with van der Waals surface area (Å²) in [7, 11) is 0. The molecule has 1 unspecified atom stereocenters. The van der Waals surface area contributed by atoms with Crippen LogP contribution in [0.5, 0.6) is 0 Å². The molecule has 34 heavy (non-hydrogen) atoms. The van der Waals surface area contributed by atoms with Crippen molar-refractivity contribution in [2.75, 3.05) is 30.5 Å². The Morgan fingerprint density at radius 1 is 1.06 bits per heavy atom. The van der Waals surface area contributed by atoms with E-state index in [1.165, 1.54) is 12.1 Å². The molecule has 0 bridgehead atoms. The number of aryl methyl sites for hydroxylation is 2. The quantitative estimate of drug-likeness (QED) is 0.318. The van der Waals surface area contributed by atoms with Crippen LogP contribution in [-0.2, 0) is 20.9 Å². The van der Waals surface area contributed by atoms with Crippen LogP contribution in [0.25, 0.3) is 0 Å². The molecule has 1 saturated heterocycles. The van der Waals surface area contributed by atoms with Gasteiger partial charge in [-0.15, -0.1) is 0 Å². The summed E-state index contributed by atoms with van der Waals surface area (Å²) in [5, 5.41) is 3.14. The van der Waals surface area contributed by atoms with Crippen molar-refractivity contribution in [2.24, 2.45) is 0 Å². The van der Waals surface area contributed by atoms with Gasteiger partial charge in [0.05, 0.1) is 0 Å². The van der Waals surface area contributed by atoms with Crippen molar-refractivity contribution >= 4 is 24.2 Å². The van der Waals surface area contributed by atoms with Crippen molar-refractivity contribution in [1.29, 1.82) is 0 Å². The van der Waals surface area contributed by atoms with E-state index >= 15 is 0 Å². The first-order chi connectivity index (χ1) is 16.1. The monoisotopic (exact) mass is 487 g/mol. The minimum absolute atomic E-state index is 0.0300. The standard InChI is InChI=1S/C28H39FNO3P/c1-5-12-25(28(32)30-27-21(2)17-24(29)18-22(27)3)34(4,15-10-7-11-16-34)20-26(31)33-19-23-13-8-6-9-14-23/h6,8-9,13-14,17-18,25H,5,7,10-12,15-16,19-20H2,1-4H3,(H,30,32). The van der Waals surface area contributed by atoms with Gasteiger partial charge in [-0.1, -0.05) is 0 Å². The van der Waals surface area contributed by atoms with Gasteiger partial charge in [0, 0.05) is 0 Å². The second-order valence-corrected chi connectivity index (χ2v) is 17.1. The molecule has 1 N–H and O–H groups in total. The van der Waals surface area contributed by atoms with E-state index in [2.05, 4.69) is 18.9 Å². The van der Waals surface area contributed by atoms with E-state index in [-0.39, 0.29) is 30.0 Å². The van der Waals surface area contributed by atoms with Gasteiger partial charge < -0.3 is 0 Å². The Balaban J connectivity index is 1.87. The number of hydrogen-bond acceptors (Lipinski definition) is 3. The molecule has 0 radical (unpaired) electrons. The number of amides is 1. The van der Waals surface area contributed by atoms with Gasteiger partial charge in [-0.2, -0.15) is 0 Å². The first-order valence-electron chi connectivity index (χ1n) is 12.4. The van der Waals surface area contributed by atoms with E-state index < -0.39 is 6.60 Å². The Morgan fingerprint density at radius 3 is 2.26 bits per heavy atom. The number of halogens is 1. The van der Waals surface area contributed by atoms with Crippen LogP contribution in [0.3, 0.4) is 0 Å². The third kappa shape index (κ3) is 6.05. The number of hydrogen-bond donors (Lipinski definition) is 1. The summed E-state index contributed by atoms with van der Waals surface area (Å²) < 4.78 is 19.5. The number of benzene rings is 2. The molecule has 2 aromatic carbocycles. The first-order valence-corrected chi connectivity index (χ1v) is 15.7. The fourth-order valence-electron chi connectivity index (χ4n) is 5.70. The molecular formula is C28H39FNO3P. The van der Waals surface area contributed by atoms with Gasteiger partial charge in [-0.05, 0) is 0 Å². The Kier molecular flexibility index (Phi) is 8.52. The second-order valence-electron chi connectivity index (χ2n) is 10.4. The fourth-order valence-corrected chi connectivity index (χ4v) is 12.1. The van der Waals surface area contributed by atoms with E-state index in [9.17, 15) is 14.0 Å². The Labute approximate surface area is 203 Å². The molecule has 0 aliphatic carbocycles. The van der Waals surface area contributed by atoms with Crippen molar-refractivity contribution < 1.29 is 18.7 Å². The number of ether oxygens (including phenoxy) is 1. The molecule has 1 heterocycles. The molecule has 1 atom stereocenters. The van der Waals surface area contributed by atoms with Gasteiger partial charge in [-0.25, -0.2) is 0 Å². The summed E-state index contributed by atoms with van der Waals surface area (Å²) in [5.74, 6) is -0.532. The van der Waals surface area contributed by atoms with E-state index in [4.69, 9.17) is 4.74 Å². The van der Waals surface area contributed by atoms with Crippen LogP contribution in [-0.4, -0.2) is 42.7 Å². The van der Waals surface area contributed by atoms with Gasteiger partial charge in [0.2, 0.25) is 0 Å². The predicted octanol–water partition coefficient (Wildman–Crippen LogP) is 6.66. The Morgan fingerprint density at radius 2 is 1.68 bits per heavy atom. The molecule has 4 nitrogen and oxygen atoms in total. The fraction of sp³-hybridized carbons (Fsp3) is 0.500. The van der Waals surface area contributed by atoms with Crippen LogP contribution in [0.15, 0.2) is 42.5 Å². The number of carbonyl (C=O) groups is 2. The number of nitrogens with one attached hydrogen (secondary N) is 1. The zero-order valence-electron chi connectivity index (χ0n) is 21.0. The third-order valence-corrected chi connectivity index (χ3v) is 14.5. The average molecular weight is 488 g/mol. The van der Waals surface area contributed by atoms with Gasteiger partial charge in [-0.3, -0.25) is 0 Å². The van der Waals surface area contributed by atoms with Crippen molar-refractivity contribution in [3.8, 4) is 0 Å². The van der Waals surface area contributed by atoms with Crippen molar-refractivity contribution in [1.82, 2.24) is 0 Å². The third-order valence-electron chi connectivity index (χ3n) is 7.58. The summed E-state index contributed by atoms with van der Waals surface area (Å²) in [5.41, 5.74) is 2.86. The first kappa shape index (κ1) is 26.3. The van der Waals surface area contributed by atoms with Crippen LogP contribution in [0, 0.1) is 19.7 Å². The molecule has 0 saturated carbocycles. The SMILES string of the molecule is CCCC(C(=O)Nc1c(C)cc(F)cc1C)P1(C)(CC(=O)OCc2ccccc2)CCCCC1. The van der Waals surface area contributed by atoms with E-state index in [1.54, 1.807) is 0 Å². The zero-order valence-corrected chi connectivity index (χ0v) is 21.9. The maximum absolute atomic E-state index is 13.8. The topological polar surface area (TPSA) is 55.4 Å². The van der Waals surface area contributed by atoms with Crippen molar-refractivity contribution in [3.05, 3.63) is 65.0 Å². The van der Waals surface area contributed by atoms with E-state index in [1.807, 2.05) is 44.2 Å². The predicted molar refractivity (Wildman–Crippen MR) is 141 cm³/mol. The van der Waals surface area contributed by atoms with Crippen molar-refractivity contribution in [3.63, 3.8) is 0 Å². The summed E-state index contributed by atoms with van der Waals surface area (Å²) in [6, 6.07) is 12.6. The molecule has 1 amide bonds. The number of carbonyl (C=O) groups excluding carboxylic acids is 2. The summed E-state index contributed by atoms with van der Waals surface area (Å²) in [4.78, 5) is 27.0. The normalized spacial score (nSPS) is 18.8. The molecule has 186 valence electrons. The molecular weight excluding hydrogens is 448 g/mol. The number of esters is 1. The molecule has 1 aliphatic heterocycles. The average Bonchev–Trinajstić information content (AvgIpc) is 2.79. The van der Waals surface area contributed by atoms with Gasteiger partial charge in [0.1, 0.15) is 0 Å². The molecule has 2 aromatic rings. The molecule has 0 spiro atoms. The Bertz CT molecular complexity index is 995. The number of rotatable bonds is 9. The van der Waals surface area contributed by atoms with Crippen LogP contribution in [0.4, 0.5) is 10.1 Å². The summed E-state index contributed by atoms with van der Waals surface area (Å²) >= 11 is 0. The summed E-state index contributed by atoms with van der Waals surface area (Å²) in [6.45, 7) is 5.48. The molecule has 1 aliphatic rings. The maximum atomic E-state index is 13.8. The van der Waals surface area contributed by atoms with E-state index in [0.717, 1.165) is 50.0 Å². The van der Waals surface area contributed by atoms with Gasteiger partial charge >= 0.3 is 203 Å². The molecule has 0 aromatic heterocycles. The van der Waals surface area contributed by atoms with Crippen LogP contribution in [0.1, 0.15) is 55.7 Å².